The van der Waals surface area contributed by atoms with Gasteiger partial charge in [-0.2, -0.15) is 5.26 Å². The molecule has 0 fully saturated rings. The van der Waals surface area contributed by atoms with Gasteiger partial charge in [0.05, 0.1) is 11.3 Å². The van der Waals surface area contributed by atoms with Crippen LogP contribution >= 0.6 is 23.1 Å². The van der Waals surface area contributed by atoms with Crippen LogP contribution in [0.25, 0.3) is 0 Å². The summed E-state index contributed by atoms with van der Waals surface area (Å²) in [5.41, 5.74) is 1.72. The van der Waals surface area contributed by atoms with E-state index in [1.807, 2.05) is 30.3 Å². The van der Waals surface area contributed by atoms with Crippen molar-refractivity contribution in [2.75, 3.05) is 11.1 Å². The fourth-order valence-electron chi connectivity index (χ4n) is 3.08. The van der Waals surface area contributed by atoms with E-state index in [1.54, 1.807) is 0 Å². The van der Waals surface area contributed by atoms with Crippen LogP contribution in [0.3, 0.4) is 0 Å². The van der Waals surface area contributed by atoms with Gasteiger partial charge in [-0.15, -0.1) is 21.5 Å². The number of benzene rings is 1. The molecule has 0 unspecified atom stereocenters. The number of nitriles is 1. The largest absolute Gasteiger partial charge is 0.484 e. The van der Waals surface area contributed by atoms with Crippen molar-refractivity contribution in [2.45, 2.75) is 37.5 Å². The maximum atomic E-state index is 12.3. The minimum Gasteiger partial charge on any atom is -0.484 e. The summed E-state index contributed by atoms with van der Waals surface area (Å²) in [5, 5.41) is 21.1. The van der Waals surface area contributed by atoms with E-state index >= 15 is 0 Å². The number of aryl methyl sites for hydroxylation is 1. The van der Waals surface area contributed by atoms with Gasteiger partial charge in [0.15, 0.2) is 6.61 Å². The molecule has 2 aromatic heterocycles. The van der Waals surface area contributed by atoms with Crippen LogP contribution in [0, 0.1) is 11.3 Å². The van der Waals surface area contributed by atoms with E-state index in [1.165, 1.54) is 16.2 Å². The molecule has 0 saturated carbocycles. The number of rotatable bonds is 7. The molecule has 0 bridgehead atoms. The van der Waals surface area contributed by atoms with Crippen molar-refractivity contribution in [2.24, 2.45) is 0 Å². The average molecular weight is 427 g/mol. The number of anilines is 1. The lowest BCUT2D eigenvalue weighted by molar-refractivity contribution is -0.113. The van der Waals surface area contributed by atoms with Gasteiger partial charge in [-0.1, -0.05) is 30.0 Å². The third kappa shape index (κ3) is 4.78. The number of thioether (sulfide) groups is 1. The number of nitrogens with zero attached hydrogens (tertiary/aromatic N) is 3. The van der Waals surface area contributed by atoms with Crippen LogP contribution in [0.4, 0.5) is 5.00 Å². The second-order valence-electron chi connectivity index (χ2n) is 6.43. The number of carbonyl (C=O) groups excluding carboxylic acids is 1. The van der Waals surface area contributed by atoms with Crippen LogP contribution in [-0.4, -0.2) is 21.9 Å². The molecular formula is C20H18N4O3S2. The van der Waals surface area contributed by atoms with Gasteiger partial charge in [0.25, 0.3) is 11.1 Å². The Bertz CT molecular complexity index is 1040. The highest BCUT2D eigenvalue weighted by atomic mass is 32.2. The standard InChI is InChI=1S/C20H18N4O3S2/c21-10-15-14-8-4-5-9-16(14)29-19(15)22-17(25)12-28-20-24-23-18(27-20)11-26-13-6-2-1-3-7-13/h1-3,6-7H,4-5,8-9,11-12H2,(H,22,25). The molecule has 1 amide bonds. The number of amides is 1. The molecule has 0 saturated heterocycles. The van der Waals surface area contributed by atoms with Crippen LogP contribution in [0.2, 0.25) is 0 Å². The smallest absolute Gasteiger partial charge is 0.277 e. The summed E-state index contributed by atoms with van der Waals surface area (Å²) in [4.78, 5) is 13.6. The highest BCUT2D eigenvalue weighted by molar-refractivity contribution is 7.99. The van der Waals surface area contributed by atoms with Crippen LogP contribution in [0.15, 0.2) is 40.0 Å². The zero-order valence-electron chi connectivity index (χ0n) is 15.5. The maximum absolute atomic E-state index is 12.3. The monoisotopic (exact) mass is 426 g/mol. The molecule has 29 heavy (non-hydrogen) atoms. The van der Waals surface area contributed by atoms with Crippen molar-refractivity contribution in [3.63, 3.8) is 0 Å². The highest BCUT2D eigenvalue weighted by Crippen LogP contribution is 2.37. The van der Waals surface area contributed by atoms with Crippen molar-refractivity contribution in [1.29, 1.82) is 5.26 Å². The molecule has 148 valence electrons. The summed E-state index contributed by atoms with van der Waals surface area (Å²) < 4.78 is 11.1. The van der Waals surface area contributed by atoms with Gasteiger partial charge >= 0.3 is 0 Å². The molecule has 2 heterocycles. The van der Waals surface area contributed by atoms with Gasteiger partial charge in [0, 0.05) is 4.88 Å². The van der Waals surface area contributed by atoms with Crippen LogP contribution < -0.4 is 10.1 Å². The number of nitrogens with one attached hydrogen (secondary N) is 1. The van der Waals surface area contributed by atoms with Gasteiger partial charge in [-0.3, -0.25) is 4.79 Å². The van der Waals surface area contributed by atoms with E-state index in [0.29, 0.717) is 27.4 Å². The Balaban J connectivity index is 1.30. The van der Waals surface area contributed by atoms with Crippen molar-refractivity contribution >= 4 is 34.0 Å². The summed E-state index contributed by atoms with van der Waals surface area (Å²) in [7, 11) is 0. The number of thiophene rings is 1. The predicted molar refractivity (Wildman–Crippen MR) is 110 cm³/mol. The van der Waals surface area contributed by atoms with E-state index in [0.717, 1.165) is 43.0 Å². The quantitative estimate of drug-likeness (QED) is 0.565. The Labute approximate surface area is 176 Å². The maximum Gasteiger partial charge on any atom is 0.277 e. The number of ether oxygens (including phenoxy) is 1. The Hall–Kier alpha value is -2.83. The van der Waals surface area contributed by atoms with Gasteiger partial charge in [0.1, 0.15) is 16.8 Å². The van der Waals surface area contributed by atoms with E-state index in [-0.39, 0.29) is 18.3 Å². The molecule has 1 aliphatic carbocycles. The van der Waals surface area contributed by atoms with Gasteiger partial charge < -0.3 is 14.5 Å². The molecule has 1 aliphatic rings. The van der Waals surface area contributed by atoms with Crippen LogP contribution in [0.5, 0.6) is 5.75 Å². The number of hydrogen-bond donors (Lipinski definition) is 1. The Morgan fingerprint density at radius 2 is 2.10 bits per heavy atom. The molecule has 3 aromatic rings. The lowest BCUT2D eigenvalue weighted by Crippen LogP contribution is -2.14. The minimum atomic E-state index is -0.203. The molecule has 0 radical (unpaired) electrons. The lowest BCUT2D eigenvalue weighted by Gasteiger charge is -2.09. The van der Waals surface area contributed by atoms with Gasteiger partial charge in [0.2, 0.25) is 5.91 Å². The van der Waals surface area contributed by atoms with Crippen LogP contribution in [0.1, 0.15) is 34.7 Å². The number of para-hydroxylation sites is 1. The number of aromatic nitrogens is 2. The van der Waals surface area contributed by atoms with E-state index < -0.39 is 0 Å². The molecule has 4 rings (SSSR count). The lowest BCUT2D eigenvalue weighted by atomic mass is 9.96. The molecule has 0 spiro atoms. The number of hydrogen-bond acceptors (Lipinski definition) is 8. The zero-order chi connectivity index (χ0) is 20.1. The second kappa shape index (κ2) is 9.11. The first-order valence-electron chi connectivity index (χ1n) is 9.20. The van der Waals surface area contributed by atoms with E-state index in [2.05, 4.69) is 21.6 Å². The molecular weight excluding hydrogens is 408 g/mol. The third-order valence-corrected chi connectivity index (χ3v) is 6.44. The van der Waals surface area contributed by atoms with Crippen molar-refractivity contribution in [3.05, 3.63) is 52.2 Å². The SMILES string of the molecule is N#Cc1c(NC(=O)CSc2nnc(COc3ccccc3)o2)sc2c1CCCC2. The summed E-state index contributed by atoms with van der Waals surface area (Å²) in [5.74, 6) is 0.972. The zero-order valence-corrected chi connectivity index (χ0v) is 17.1. The van der Waals surface area contributed by atoms with Crippen molar-refractivity contribution < 1.29 is 13.9 Å². The average Bonchev–Trinajstić information content (AvgIpc) is 3.35. The van der Waals surface area contributed by atoms with Crippen LogP contribution in [-0.2, 0) is 24.2 Å². The summed E-state index contributed by atoms with van der Waals surface area (Å²) in [6, 6.07) is 11.6. The summed E-state index contributed by atoms with van der Waals surface area (Å²) in [6.07, 6.45) is 4.12. The van der Waals surface area contributed by atoms with E-state index in [4.69, 9.17) is 9.15 Å². The van der Waals surface area contributed by atoms with Crippen molar-refractivity contribution in [3.8, 4) is 11.8 Å². The Kier molecular flexibility index (Phi) is 6.12. The van der Waals surface area contributed by atoms with Gasteiger partial charge in [-0.25, -0.2) is 0 Å². The molecule has 0 atom stereocenters. The first-order valence-corrected chi connectivity index (χ1v) is 11.0. The third-order valence-electron chi connectivity index (χ3n) is 4.42. The molecule has 7 nitrogen and oxygen atoms in total. The Morgan fingerprint density at radius 1 is 1.28 bits per heavy atom. The molecule has 1 aromatic carbocycles. The highest BCUT2D eigenvalue weighted by Gasteiger charge is 2.22. The topological polar surface area (TPSA) is 101 Å². The predicted octanol–water partition coefficient (Wildman–Crippen LogP) is 4.19. The fraction of sp³-hybridized carbons (Fsp3) is 0.300. The Morgan fingerprint density at radius 3 is 2.93 bits per heavy atom. The van der Waals surface area contributed by atoms with Gasteiger partial charge in [-0.05, 0) is 43.4 Å². The first kappa shape index (κ1) is 19.5. The first-order chi connectivity index (χ1) is 14.2. The van der Waals surface area contributed by atoms with E-state index in [9.17, 15) is 10.1 Å². The second-order valence-corrected chi connectivity index (χ2v) is 8.46. The molecule has 0 aliphatic heterocycles. The molecule has 9 heteroatoms. The summed E-state index contributed by atoms with van der Waals surface area (Å²) in [6.45, 7) is 0.163. The molecule has 1 N–H and O–H groups in total. The fourth-order valence-corrected chi connectivity index (χ4v) is 4.92. The minimum absolute atomic E-state index is 0.120. The number of fused-ring (bicyclic) bond motifs is 1. The van der Waals surface area contributed by atoms with Crippen molar-refractivity contribution in [1.82, 2.24) is 10.2 Å². The summed E-state index contributed by atoms with van der Waals surface area (Å²) >= 11 is 2.67. The normalized spacial score (nSPS) is 12.8. The number of carbonyl (C=O) groups is 1.